The number of alkyl halides is 6. The number of hydrogen-bond acceptors (Lipinski definition) is 2. The molecule has 0 unspecified atom stereocenters. The Kier molecular flexibility index (Phi) is 3.21. The Bertz CT molecular complexity index is 162. The molecular formula is C5H6F6O2. The van der Waals surface area contributed by atoms with E-state index in [1.807, 2.05) is 0 Å². The number of rotatable bonds is 4. The monoisotopic (exact) mass is 212 g/mol. The Labute approximate surface area is 69.4 Å². The Morgan fingerprint density at radius 1 is 0.692 bits per heavy atom. The summed E-state index contributed by atoms with van der Waals surface area (Å²) in [4.78, 5) is 0. The molecule has 0 aromatic carbocycles. The van der Waals surface area contributed by atoms with E-state index >= 15 is 0 Å². The third-order valence-corrected chi connectivity index (χ3v) is 1.24. The van der Waals surface area contributed by atoms with Crippen molar-refractivity contribution in [2.75, 3.05) is 14.2 Å². The predicted octanol–water partition coefficient (Wildman–Crippen LogP) is 2.10. The molecule has 0 saturated heterocycles. The second-order valence-electron chi connectivity index (χ2n) is 2.02. The molecule has 0 aliphatic carbocycles. The van der Waals surface area contributed by atoms with Crippen molar-refractivity contribution < 1.29 is 35.8 Å². The summed E-state index contributed by atoms with van der Waals surface area (Å²) in [5, 5.41) is 0. The topological polar surface area (TPSA) is 18.5 Å². The molecule has 0 fully saturated rings. The van der Waals surface area contributed by atoms with Crippen molar-refractivity contribution in [3.8, 4) is 0 Å². The minimum absolute atomic E-state index is 0.180. The van der Waals surface area contributed by atoms with Gasteiger partial charge in [0.05, 0.1) is 0 Å². The molecule has 0 atom stereocenters. The highest BCUT2D eigenvalue weighted by Crippen LogP contribution is 2.46. The van der Waals surface area contributed by atoms with Crippen LogP contribution >= 0.6 is 0 Å². The summed E-state index contributed by atoms with van der Waals surface area (Å²) in [5.41, 5.74) is 0. The molecule has 0 aliphatic rings. The molecule has 0 amide bonds. The van der Waals surface area contributed by atoms with E-state index in [0.29, 0.717) is 0 Å². The zero-order valence-electron chi connectivity index (χ0n) is 6.58. The first-order valence-corrected chi connectivity index (χ1v) is 2.86. The molecule has 8 heteroatoms. The van der Waals surface area contributed by atoms with Crippen LogP contribution in [0.5, 0.6) is 0 Å². The Morgan fingerprint density at radius 3 is 1.08 bits per heavy atom. The van der Waals surface area contributed by atoms with Crippen LogP contribution in [-0.2, 0) is 9.47 Å². The molecule has 0 saturated carbocycles. The third kappa shape index (κ3) is 1.88. The van der Waals surface area contributed by atoms with Crippen molar-refractivity contribution >= 4 is 0 Å². The van der Waals surface area contributed by atoms with Gasteiger partial charge in [-0.3, -0.25) is 0 Å². The molecule has 0 bridgehead atoms. The highest BCUT2D eigenvalue weighted by Gasteiger charge is 2.73. The van der Waals surface area contributed by atoms with Gasteiger partial charge >= 0.3 is 18.1 Å². The van der Waals surface area contributed by atoms with E-state index in [4.69, 9.17) is 0 Å². The van der Waals surface area contributed by atoms with Crippen LogP contribution in [0.2, 0.25) is 0 Å². The van der Waals surface area contributed by atoms with Crippen molar-refractivity contribution in [3.63, 3.8) is 0 Å². The van der Waals surface area contributed by atoms with E-state index in [1.54, 1.807) is 0 Å². The second-order valence-corrected chi connectivity index (χ2v) is 2.02. The number of methoxy groups -OCH3 is 2. The average molecular weight is 212 g/mol. The summed E-state index contributed by atoms with van der Waals surface area (Å²) >= 11 is 0. The zero-order valence-corrected chi connectivity index (χ0v) is 6.58. The summed E-state index contributed by atoms with van der Waals surface area (Å²) in [5.74, 6) is -5.72. The van der Waals surface area contributed by atoms with E-state index in [-0.39, 0.29) is 14.2 Å². The van der Waals surface area contributed by atoms with Crippen LogP contribution in [0, 0.1) is 0 Å². The molecule has 0 spiro atoms. The van der Waals surface area contributed by atoms with Gasteiger partial charge in [0.25, 0.3) is 0 Å². The molecule has 0 N–H and O–H groups in total. The average Bonchev–Trinajstić information content (AvgIpc) is 2.03. The Hall–Kier alpha value is -0.500. The molecule has 80 valence electrons. The fourth-order valence-electron chi connectivity index (χ4n) is 0.426. The van der Waals surface area contributed by atoms with Gasteiger partial charge in [0, 0.05) is 14.2 Å². The number of hydrogen-bond donors (Lipinski definition) is 0. The molecule has 0 aromatic heterocycles. The number of ether oxygens (including phenoxy) is 2. The maximum Gasteiger partial charge on any atom is 0.428 e. The third-order valence-electron chi connectivity index (χ3n) is 1.24. The van der Waals surface area contributed by atoms with Crippen LogP contribution in [0.4, 0.5) is 26.3 Å². The van der Waals surface area contributed by atoms with Crippen LogP contribution in [0.1, 0.15) is 0 Å². The first kappa shape index (κ1) is 12.5. The van der Waals surface area contributed by atoms with Crippen molar-refractivity contribution in [2.24, 2.45) is 0 Å². The largest absolute Gasteiger partial charge is 0.428 e. The van der Waals surface area contributed by atoms with E-state index in [2.05, 4.69) is 9.47 Å². The van der Waals surface area contributed by atoms with Crippen molar-refractivity contribution in [1.29, 1.82) is 0 Å². The molecule has 0 rings (SSSR count). The maximum absolute atomic E-state index is 12.2. The Morgan fingerprint density at radius 2 is 0.923 bits per heavy atom. The molecule has 0 heterocycles. The fourth-order valence-corrected chi connectivity index (χ4v) is 0.426. The van der Waals surface area contributed by atoms with Gasteiger partial charge in [0.2, 0.25) is 0 Å². The highest BCUT2D eigenvalue weighted by molar-refractivity contribution is 4.85. The summed E-state index contributed by atoms with van der Waals surface area (Å²) in [7, 11) is 0.360. The standard InChI is InChI=1S/C5H6F6O2/c1-12-4(8,9)3(6,7)5(10,11)13-2/h1-2H3. The van der Waals surface area contributed by atoms with Crippen LogP contribution in [0.15, 0.2) is 0 Å². The normalized spacial score (nSPS) is 14.8. The van der Waals surface area contributed by atoms with Gasteiger partial charge in [-0.1, -0.05) is 0 Å². The van der Waals surface area contributed by atoms with Crippen LogP contribution in [0.3, 0.4) is 0 Å². The highest BCUT2D eigenvalue weighted by atomic mass is 19.4. The van der Waals surface area contributed by atoms with Crippen molar-refractivity contribution in [3.05, 3.63) is 0 Å². The smallest absolute Gasteiger partial charge is 0.319 e. The van der Waals surface area contributed by atoms with E-state index in [1.165, 1.54) is 0 Å². The lowest BCUT2D eigenvalue weighted by Gasteiger charge is -2.29. The lowest BCUT2D eigenvalue weighted by Crippen LogP contribution is -2.55. The number of halogens is 6. The Balaban J connectivity index is 4.95. The first-order valence-electron chi connectivity index (χ1n) is 2.86. The SMILES string of the molecule is COC(F)(F)C(F)(F)C(F)(F)OC. The quantitative estimate of drug-likeness (QED) is 0.664. The summed E-state index contributed by atoms with van der Waals surface area (Å²) in [6, 6.07) is 0. The molecule has 0 radical (unpaired) electrons. The lowest BCUT2D eigenvalue weighted by atomic mass is 10.3. The van der Waals surface area contributed by atoms with Crippen LogP contribution in [0.25, 0.3) is 0 Å². The van der Waals surface area contributed by atoms with Gasteiger partial charge in [0.15, 0.2) is 0 Å². The first-order chi connectivity index (χ1) is 5.62. The van der Waals surface area contributed by atoms with Crippen LogP contribution < -0.4 is 0 Å². The molecular weight excluding hydrogens is 206 g/mol. The minimum atomic E-state index is -5.72. The molecule has 13 heavy (non-hydrogen) atoms. The van der Waals surface area contributed by atoms with E-state index < -0.39 is 18.1 Å². The lowest BCUT2D eigenvalue weighted by molar-refractivity contribution is -0.441. The van der Waals surface area contributed by atoms with Gasteiger partial charge in [-0.25, -0.2) is 0 Å². The van der Waals surface area contributed by atoms with Crippen molar-refractivity contribution in [2.45, 2.75) is 18.1 Å². The molecule has 2 nitrogen and oxygen atoms in total. The van der Waals surface area contributed by atoms with Gasteiger partial charge in [0.1, 0.15) is 0 Å². The van der Waals surface area contributed by atoms with Gasteiger partial charge < -0.3 is 9.47 Å². The fraction of sp³-hybridized carbons (Fsp3) is 1.00. The maximum atomic E-state index is 12.2. The predicted molar refractivity (Wildman–Crippen MR) is 28.9 cm³/mol. The summed E-state index contributed by atoms with van der Waals surface area (Å²) < 4.78 is 78.7. The molecule has 0 aromatic rings. The van der Waals surface area contributed by atoms with E-state index in [9.17, 15) is 26.3 Å². The second kappa shape index (κ2) is 3.33. The van der Waals surface area contributed by atoms with Gasteiger partial charge in [-0.05, 0) is 0 Å². The van der Waals surface area contributed by atoms with Crippen molar-refractivity contribution in [1.82, 2.24) is 0 Å². The van der Waals surface area contributed by atoms with Gasteiger partial charge in [-0.15, -0.1) is 0 Å². The van der Waals surface area contributed by atoms with Crippen LogP contribution in [-0.4, -0.2) is 32.4 Å². The minimum Gasteiger partial charge on any atom is -0.319 e. The van der Waals surface area contributed by atoms with Gasteiger partial charge in [-0.2, -0.15) is 26.3 Å². The molecule has 0 aliphatic heterocycles. The summed E-state index contributed by atoms with van der Waals surface area (Å²) in [6.07, 6.45) is -10.6. The summed E-state index contributed by atoms with van der Waals surface area (Å²) in [6.45, 7) is 0. The van der Waals surface area contributed by atoms with E-state index in [0.717, 1.165) is 0 Å². The zero-order chi connectivity index (χ0) is 10.9.